The van der Waals surface area contributed by atoms with E-state index in [9.17, 15) is 8.42 Å². The lowest BCUT2D eigenvalue weighted by atomic mass is 10.3. The Balaban J connectivity index is 1.63. The lowest BCUT2D eigenvalue weighted by molar-refractivity contribution is 0.574. The second-order valence-electron chi connectivity index (χ2n) is 5.60. The van der Waals surface area contributed by atoms with Crippen LogP contribution in [-0.4, -0.2) is 25.5 Å². The number of nitrogens with one attached hydrogen (secondary N) is 2. The van der Waals surface area contributed by atoms with Crippen molar-refractivity contribution in [2.75, 3.05) is 0 Å². The van der Waals surface area contributed by atoms with Crippen LogP contribution in [0.2, 0.25) is 0 Å². The highest BCUT2D eigenvalue weighted by Gasteiger charge is 2.36. The monoisotopic (exact) mass is 281 g/mol. The maximum atomic E-state index is 12.0. The quantitative estimate of drug-likeness (QED) is 0.816. The fraction of sp³-hybridized carbons (Fsp3) is 0.615. The summed E-state index contributed by atoms with van der Waals surface area (Å²) in [5.74, 6) is 0.441. The molecule has 2 saturated carbocycles. The molecule has 0 radical (unpaired) electrons. The Morgan fingerprint density at radius 3 is 2.63 bits per heavy atom. The lowest BCUT2D eigenvalue weighted by Crippen LogP contribution is -2.27. The van der Waals surface area contributed by atoms with E-state index >= 15 is 0 Å². The molecule has 2 aliphatic carbocycles. The predicted molar refractivity (Wildman–Crippen MR) is 72.0 cm³/mol. The van der Waals surface area contributed by atoms with Gasteiger partial charge in [0, 0.05) is 24.8 Å². The standard InChI is InChI=1S/C13H19N3O2S/c1-9-6-12(9)16-19(17,18)13-5-2-10(8-15-13)7-14-11-3-4-11/h2,5,8-9,11-12,14,16H,3-4,6-7H2,1H3. The number of nitrogens with zero attached hydrogens (tertiary/aromatic N) is 1. The number of rotatable bonds is 6. The summed E-state index contributed by atoms with van der Waals surface area (Å²) in [6.45, 7) is 2.79. The molecule has 5 nitrogen and oxygen atoms in total. The molecule has 0 aromatic carbocycles. The van der Waals surface area contributed by atoms with E-state index in [0.717, 1.165) is 18.5 Å². The highest BCUT2D eigenvalue weighted by atomic mass is 32.2. The lowest BCUT2D eigenvalue weighted by Gasteiger charge is -2.06. The number of pyridine rings is 1. The van der Waals surface area contributed by atoms with Crippen LogP contribution in [0.3, 0.4) is 0 Å². The Kier molecular flexibility index (Phi) is 3.32. The van der Waals surface area contributed by atoms with E-state index in [1.54, 1.807) is 12.3 Å². The third kappa shape index (κ3) is 3.32. The van der Waals surface area contributed by atoms with Crippen LogP contribution >= 0.6 is 0 Å². The molecule has 2 fully saturated rings. The molecule has 19 heavy (non-hydrogen) atoms. The summed E-state index contributed by atoms with van der Waals surface area (Å²) in [6, 6.07) is 4.14. The molecule has 104 valence electrons. The SMILES string of the molecule is CC1CC1NS(=O)(=O)c1ccc(CNC2CC2)cn1. The van der Waals surface area contributed by atoms with Crippen molar-refractivity contribution in [1.29, 1.82) is 0 Å². The van der Waals surface area contributed by atoms with Crippen LogP contribution in [0.25, 0.3) is 0 Å². The van der Waals surface area contributed by atoms with Crippen LogP contribution < -0.4 is 10.0 Å². The average molecular weight is 281 g/mol. The first-order valence-electron chi connectivity index (χ1n) is 6.75. The molecule has 2 unspecified atom stereocenters. The van der Waals surface area contributed by atoms with Crippen molar-refractivity contribution >= 4 is 10.0 Å². The Hall–Kier alpha value is -0.980. The van der Waals surface area contributed by atoms with Crippen LogP contribution in [-0.2, 0) is 16.6 Å². The second-order valence-corrected chi connectivity index (χ2v) is 7.26. The summed E-state index contributed by atoms with van der Waals surface area (Å²) >= 11 is 0. The Morgan fingerprint density at radius 2 is 2.11 bits per heavy atom. The topological polar surface area (TPSA) is 71.1 Å². The van der Waals surface area contributed by atoms with Crippen molar-refractivity contribution < 1.29 is 8.42 Å². The van der Waals surface area contributed by atoms with Gasteiger partial charge in [-0.2, -0.15) is 0 Å². The highest BCUT2D eigenvalue weighted by Crippen LogP contribution is 2.30. The first-order chi connectivity index (χ1) is 9.04. The van der Waals surface area contributed by atoms with Crippen molar-refractivity contribution in [3.8, 4) is 0 Å². The largest absolute Gasteiger partial charge is 0.310 e. The molecule has 3 rings (SSSR count). The second kappa shape index (κ2) is 4.85. The van der Waals surface area contributed by atoms with E-state index < -0.39 is 10.0 Å². The molecule has 0 saturated heterocycles. The molecular formula is C13H19N3O2S. The smallest absolute Gasteiger partial charge is 0.258 e. The Morgan fingerprint density at radius 1 is 1.37 bits per heavy atom. The minimum atomic E-state index is -3.45. The predicted octanol–water partition coefficient (Wildman–Crippen LogP) is 1.02. The highest BCUT2D eigenvalue weighted by molar-refractivity contribution is 7.89. The summed E-state index contributed by atoms with van der Waals surface area (Å²) < 4.78 is 26.7. The van der Waals surface area contributed by atoms with Crippen LogP contribution in [0.4, 0.5) is 0 Å². The fourth-order valence-electron chi connectivity index (χ4n) is 1.97. The minimum absolute atomic E-state index is 0.0861. The van der Waals surface area contributed by atoms with Gasteiger partial charge in [0.25, 0.3) is 10.0 Å². The molecule has 0 amide bonds. The summed E-state index contributed by atoms with van der Waals surface area (Å²) in [6.07, 6.45) is 5.04. The third-order valence-electron chi connectivity index (χ3n) is 3.66. The maximum absolute atomic E-state index is 12.0. The number of hydrogen-bond acceptors (Lipinski definition) is 4. The zero-order chi connectivity index (χ0) is 13.5. The van der Waals surface area contributed by atoms with E-state index in [2.05, 4.69) is 15.0 Å². The van der Waals surface area contributed by atoms with Gasteiger partial charge in [-0.25, -0.2) is 18.1 Å². The zero-order valence-electron chi connectivity index (χ0n) is 11.0. The van der Waals surface area contributed by atoms with Gasteiger partial charge in [0.15, 0.2) is 5.03 Å². The number of sulfonamides is 1. The first kappa shape index (κ1) is 13.0. The molecule has 1 aromatic rings. The van der Waals surface area contributed by atoms with E-state index in [-0.39, 0.29) is 11.1 Å². The van der Waals surface area contributed by atoms with Gasteiger partial charge in [-0.05, 0) is 36.8 Å². The molecular weight excluding hydrogens is 262 g/mol. The minimum Gasteiger partial charge on any atom is -0.310 e. The Labute approximate surface area is 113 Å². The molecule has 1 aromatic heterocycles. The molecule has 2 N–H and O–H groups in total. The summed E-state index contributed by atoms with van der Waals surface area (Å²) in [5.41, 5.74) is 1.02. The van der Waals surface area contributed by atoms with Crippen LogP contribution in [0, 0.1) is 5.92 Å². The van der Waals surface area contributed by atoms with Gasteiger partial charge in [-0.1, -0.05) is 13.0 Å². The Bertz CT molecular complexity index is 552. The van der Waals surface area contributed by atoms with Gasteiger partial charge in [-0.15, -0.1) is 0 Å². The fourth-order valence-corrected chi connectivity index (χ4v) is 3.26. The van der Waals surface area contributed by atoms with Gasteiger partial charge >= 0.3 is 0 Å². The molecule has 2 aliphatic rings. The van der Waals surface area contributed by atoms with E-state index in [1.165, 1.54) is 12.8 Å². The van der Waals surface area contributed by atoms with Crippen LogP contribution in [0.5, 0.6) is 0 Å². The molecule has 1 heterocycles. The summed E-state index contributed by atoms with van der Waals surface area (Å²) in [4.78, 5) is 4.06. The zero-order valence-corrected chi connectivity index (χ0v) is 11.8. The molecule has 0 aliphatic heterocycles. The average Bonchev–Trinajstić information content (AvgIpc) is 3.27. The molecule has 6 heteroatoms. The summed E-state index contributed by atoms with van der Waals surface area (Å²) in [7, 11) is -3.45. The normalized spacial score (nSPS) is 26.4. The van der Waals surface area contributed by atoms with E-state index in [1.807, 2.05) is 13.0 Å². The van der Waals surface area contributed by atoms with E-state index in [0.29, 0.717) is 12.0 Å². The first-order valence-corrected chi connectivity index (χ1v) is 8.23. The number of aromatic nitrogens is 1. The van der Waals surface area contributed by atoms with Crippen LogP contribution in [0.1, 0.15) is 31.7 Å². The van der Waals surface area contributed by atoms with E-state index in [4.69, 9.17) is 0 Å². The van der Waals surface area contributed by atoms with Crippen molar-refractivity contribution in [3.63, 3.8) is 0 Å². The van der Waals surface area contributed by atoms with Crippen molar-refractivity contribution in [3.05, 3.63) is 23.9 Å². The van der Waals surface area contributed by atoms with Gasteiger partial charge in [0.2, 0.25) is 0 Å². The number of hydrogen-bond donors (Lipinski definition) is 2. The third-order valence-corrected chi connectivity index (χ3v) is 5.07. The van der Waals surface area contributed by atoms with Gasteiger partial charge in [0.1, 0.15) is 0 Å². The molecule has 0 spiro atoms. The maximum Gasteiger partial charge on any atom is 0.258 e. The van der Waals surface area contributed by atoms with Crippen LogP contribution in [0.15, 0.2) is 23.4 Å². The van der Waals surface area contributed by atoms with Gasteiger partial charge < -0.3 is 5.32 Å². The van der Waals surface area contributed by atoms with Crippen molar-refractivity contribution in [2.24, 2.45) is 5.92 Å². The molecule has 2 atom stereocenters. The molecule has 0 bridgehead atoms. The van der Waals surface area contributed by atoms with Crippen molar-refractivity contribution in [2.45, 2.75) is 49.8 Å². The van der Waals surface area contributed by atoms with Crippen molar-refractivity contribution in [1.82, 2.24) is 15.0 Å². The summed E-state index contributed by atoms with van der Waals surface area (Å²) in [5, 5.41) is 3.49. The van der Waals surface area contributed by atoms with Gasteiger partial charge in [0.05, 0.1) is 0 Å². The van der Waals surface area contributed by atoms with Gasteiger partial charge in [-0.3, -0.25) is 0 Å².